The van der Waals surface area contributed by atoms with Gasteiger partial charge in [0.1, 0.15) is 6.61 Å². The van der Waals surface area contributed by atoms with Gasteiger partial charge < -0.3 is 19.7 Å². The second-order valence-corrected chi connectivity index (χ2v) is 12.8. The summed E-state index contributed by atoms with van der Waals surface area (Å²) in [4.78, 5) is 24.2. The van der Waals surface area contributed by atoms with Crippen molar-refractivity contribution in [3.8, 4) is 0 Å². The molecule has 0 radical (unpaired) electrons. The summed E-state index contributed by atoms with van der Waals surface area (Å²) in [5.74, 6) is -0.673. The number of hydrogen-bond donors (Lipinski definition) is 2. The number of esters is 2. The number of aliphatic hydroxyl groups is 2. The Morgan fingerprint density at radius 3 is 1.51 bits per heavy atom. The second kappa shape index (κ2) is 36.7. The first-order valence-electron chi connectivity index (χ1n) is 19.3. The highest BCUT2D eigenvalue weighted by Gasteiger charge is 2.16. The van der Waals surface area contributed by atoms with E-state index in [2.05, 4.69) is 55.5 Å². The molecule has 2 N–H and O–H groups in total. The maximum absolute atomic E-state index is 12.1. The van der Waals surface area contributed by atoms with Gasteiger partial charge in [-0.1, -0.05) is 152 Å². The van der Waals surface area contributed by atoms with Gasteiger partial charge in [-0.2, -0.15) is 0 Å². The number of aliphatic hydroxyl groups excluding tert-OH is 2. The van der Waals surface area contributed by atoms with E-state index in [9.17, 15) is 19.8 Å². The average Bonchev–Trinajstić information content (AvgIpc) is 3.07. The molecule has 0 fully saturated rings. The maximum Gasteiger partial charge on any atom is 0.306 e. The fourth-order valence-electron chi connectivity index (χ4n) is 5.17. The quantitative estimate of drug-likeness (QED) is 0.0405. The first-order valence-corrected chi connectivity index (χ1v) is 19.3. The van der Waals surface area contributed by atoms with Gasteiger partial charge in [0.15, 0.2) is 6.10 Å². The fraction of sp³-hybridized carbons (Fsp3) is 0.756. The molecule has 0 amide bonds. The minimum atomic E-state index is -0.800. The third kappa shape index (κ3) is 35.0. The van der Waals surface area contributed by atoms with Crippen molar-refractivity contribution in [1.29, 1.82) is 0 Å². The summed E-state index contributed by atoms with van der Waals surface area (Å²) in [7, 11) is 0. The fourth-order valence-corrected chi connectivity index (χ4v) is 5.17. The zero-order valence-corrected chi connectivity index (χ0v) is 30.4. The van der Waals surface area contributed by atoms with E-state index in [1.807, 2.05) is 6.92 Å². The third-order valence-electron chi connectivity index (χ3n) is 8.29. The molecule has 6 nitrogen and oxygen atoms in total. The number of hydrogen-bond acceptors (Lipinski definition) is 6. The number of allylic oxidation sites excluding steroid dienone is 8. The standard InChI is InChI=1S/C41H72O6/c1-3-5-6-7-8-9-10-11-12-17-20-23-26-29-32-35-41(45)47-39(36-42)37-46-40(44)34-31-28-25-22-19-16-14-13-15-18-21-24-27-30-33-38(43)4-2/h14-16,18,22,24-25,27,38-39,42-43H,3-13,17,19-21,23,26,28-37H2,1-2H3/b16-14-,18-15-,25-22-,27-24-/t38-,39-/m0/s1. The summed E-state index contributed by atoms with van der Waals surface area (Å²) in [6.45, 7) is 3.81. The summed E-state index contributed by atoms with van der Waals surface area (Å²) in [6, 6.07) is 0. The highest BCUT2D eigenvalue weighted by molar-refractivity contribution is 5.70. The molecule has 0 saturated heterocycles. The molecule has 272 valence electrons. The molecule has 0 aliphatic heterocycles. The molecule has 0 rings (SSSR count). The first-order chi connectivity index (χ1) is 23.0. The van der Waals surface area contributed by atoms with E-state index in [4.69, 9.17) is 9.47 Å². The molecule has 47 heavy (non-hydrogen) atoms. The molecule has 0 aliphatic carbocycles. The minimum absolute atomic E-state index is 0.103. The van der Waals surface area contributed by atoms with Crippen LogP contribution >= 0.6 is 0 Å². The molecule has 0 aromatic carbocycles. The lowest BCUT2D eigenvalue weighted by atomic mass is 10.0. The van der Waals surface area contributed by atoms with Crippen molar-refractivity contribution in [2.45, 2.75) is 187 Å². The van der Waals surface area contributed by atoms with Gasteiger partial charge in [-0.25, -0.2) is 0 Å². The molecule has 0 unspecified atom stereocenters. The summed E-state index contributed by atoms with van der Waals surface area (Å²) in [6.07, 6.45) is 42.6. The molecule has 0 aromatic rings. The van der Waals surface area contributed by atoms with E-state index in [1.165, 1.54) is 77.0 Å². The summed E-state index contributed by atoms with van der Waals surface area (Å²) < 4.78 is 10.5. The van der Waals surface area contributed by atoms with Crippen molar-refractivity contribution in [3.05, 3.63) is 48.6 Å². The highest BCUT2D eigenvalue weighted by atomic mass is 16.6. The van der Waals surface area contributed by atoms with Crippen LogP contribution in [0, 0.1) is 0 Å². The molecule has 0 heterocycles. The molecule has 0 bridgehead atoms. The zero-order chi connectivity index (χ0) is 34.5. The van der Waals surface area contributed by atoms with Crippen LogP contribution < -0.4 is 0 Å². The van der Waals surface area contributed by atoms with Crippen LogP contribution in [0.15, 0.2) is 48.6 Å². The van der Waals surface area contributed by atoms with E-state index in [0.29, 0.717) is 19.3 Å². The van der Waals surface area contributed by atoms with Gasteiger partial charge in [0.25, 0.3) is 0 Å². The van der Waals surface area contributed by atoms with Crippen LogP contribution in [-0.2, 0) is 19.1 Å². The van der Waals surface area contributed by atoms with Crippen molar-refractivity contribution in [1.82, 2.24) is 0 Å². The molecule has 2 atom stereocenters. The minimum Gasteiger partial charge on any atom is -0.462 e. The van der Waals surface area contributed by atoms with Gasteiger partial charge >= 0.3 is 11.9 Å². The summed E-state index contributed by atoms with van der Waals surface area (Å²) >= 11 is 0. The molecular weight excluding hydrogens is 588 g/mol. The van der Waals surface area contributed by atoms with Crippen LogP contribution in [0.4, 0.5) is 0 Å². The smallest absolute Gasteiger partial charge is 0.306 e. The highest BCUT2D eigenvalue weighted by Crippen LogP contribution is 2.14. The molecular formula is C41H72O6. The van der Waals surface area contributed by atoms with Crippen LogP contribution in [0.1, 0.15) is 174 Å². The van der Waals surface area contributed by atoms with Gasteiger partial charge in [0.2, 0.25) is 0 Å². The van der Waals surface area contributed by atoms with Crippen LogP contribution in [0.3, 0.4) is 0 Å². The van der Waals surface area contributed by atoms with Gasteiger partial charge in [0, 0.05) is 12.8 Å². The normalized spacial score (nSPS) is 13.4. The Balaban J connectivity index is 3.67. The summed E-state index contributed by atoms with van der Waals surface area (Å²) in [5, 5.41) is 19.1. The van der Waals surface area contributed by atoms with Crippen molar-refractivity contribution in [3.63, 3.8) is 0 Å². The second-order valence-electron chi connectivity index (χ2n) is 12.8. The lowest BCUT2D eigenvalue weighted by Crippen LogP contribution is -2.28. The van der Waals surface area contributed by atoms with Crippen molar-refractivity contribution < 1.29 is 29.3 Å². The Hall–Kier alpha value is -2.18. The largest absolute Gasteiger partial charge is 0.462 e. The number of carbonyl (C=O) groups is 2. The van der Waals surface area contributed by atoms with Gasteiger partial charge in [-0.3, -0.25) is 9.59 Å². The molecule has 0 saturated carbocycles. The van der Waals surface area contributed by atoms with E-state index in [-0.39, 0.29) is 31.3 Å². The van der Waals surface area contributed by atoms with Crippen LogP contribution in [0.2, 0.25) is 0 Å². The van der Waals surface area contributed by atoms with E-state index >= 15 is 0 Å². The predicted octanol–water partition coefficient (Wildman–Crippen LogP) is 10.8. The van der Waals surface area contributed by atoms with Crippen molar-refractivity contribution in [2.24, 2.45) is 0 Å². The predicted molar refractivity (Wildman–Crippen MR) is 197 cm³/mol. The Kier molecular flexibility index (Phi) is 35.0. The van der Waals surface area contributed by atoms with Crippen molar-refractivity contribution >= 4 is 11.9 Å². The van der Waals surface area contributed by atoms with Crippen molar-refractivity contribution in [2.75, 3.05) is 13.2 Å². The third-order valence-corrected chi connectivity index (χ3v) is 8.29. The number of ether oxygens (including phenoxy) is 2. The molecule has 6 heteroatoms. The monoisotopic (exact) mass is 661 g/mol. The van der Waals surface area contributed by atoms with E-state index < -0.39 is 6.10 Å². The molecule has 0 spiro atoms. The molecule has 0 aromatic heterocycles. The van der Waals surface area contributed by atoms with E-state index in [1.54, 1.807) is 0 Å². The average molecular weight is 661 g/mol. The van der Waals surface area contributed by atoms with Gasteiger partial charge in [-0.05, 0) is 57.8 Å². The van der Waals surface area contributed by atoms with Crippen LogP contribution in [0.5, 0.6) is 0 Å². The van der Waals surface area contributed by atoms with Crippen LogP contribution in [0.25, 0.3) is 0 Å². The lowest BCUT2D eigenvalue weighted by molar-refractivity contribution is -0.161. The Bertz CT molecular complexity index is 815. The first kappa shape index (κ1) is 44.8. The zero-order valence-electron chi connectivity index (χ0n) is 30.4. The Morgan fingerprint density at radius 2 is 1.02 bits per heavy atom. The topological polar surface area (TPSA) is 93.1 Å². The molecule has 0 aliphatic rings. The number of unbranched alkanes of at least 4 members (excludes halogenated alkanes) is 15. The Morgan fingerprint density at radius 1 is 0.574 bits per heavy atom. The lowest BCUT2D eigenvalue weighted by Gasteiger charge is -2.15. The SMILES string of the molecule is CCCCCCCCCCCCCCCCCC(=O)O[C@@H](CO)COC(=O)CCC/C=C\C/C=C\C/C=C\C/C=C\CC[C@@H](O)CC. The summed E-state index contributed by atoms with van der Waals surface area (Å²) in [5.41, 5.74) is 0. The maximum atomic E-state index is 12.1. The number of rotatable bonds is 34. The number of carbonyl (C=O) groups excluding carboxylic acids is 2. The Labute approximate surface area is 289 Å². The van der Waals surface area contributed by atoms with Gasteiger partial charge in [-0.15, -0.1) is 0 Å². The van der Waals surface area contributed by atoms with Gasteiger partial charge in [0.05, 0.1) is 12.7 Å². The van der Waals surface area contributed by atoms with E-state index in [0.717, 1.165) is 64.2 Å². The van der Waals surface area contributed by atoms with Crippen LogP contribution in [-0.4, -0.2) is 47.6 Å².